The molecule has 3 aliphatic rings. The number of halogens is 2. The Morgan fingerprint density at radius 1 is 1.04 bits per heavy atom. The van der Waals surface area contributed by atoms with E-state index in [2.05, 4.69) is 37.8 Å². The lowest BCUT2D eigenvalue weighted by Gasteiger charge is -2.39. The van der Waals surface area contributed by atoms with Gasteiger partial charge in [-0.05, 0) is 41.4 Å². The number of ketones is 1. The summed E-state index contributed by atoms with van der Waals surface area (Å²) in [6.45, 7) is 12.7. The Labute approximate surface area is 291 Å². The van der Waals surface area contributed by atoms with Crippen LogP contribution in [0.4, 0.5) is 8.78 Å². The van der Waals surface area contributed by atoms with Crippen molar-refractivity contribution in [2.45, 2.75) is 104 Å². The van der Waals surface area contributed by atoms with Crippen LogP contribution in [-0.4, -0.2) is 93.9 Å². The van der Waals surface area contributed by atoms with Gasteiger partial charge in [0.1, 0.15) is 29.9 Å². The van der Waals surface area contributed by atoms with Crippen LogP contribution in [0.5, 0.6) is 0 Å². The summed E-state index contributed by atoms with van der Waals surface area (Å²) in [7, 11) is 0. The smallest absolute Gasteiger partial charge is 0.289 e. The molecule has 1 aliphatic heterocycles. The van der Waals surface area contributed by atoms with Crippen LogP contribution in [0.1, 0.15) is 83.6 Å². The van der Waals surface area contributed by atoms with Crippen LogP contribution in [-0.2, 0) is 24.0 Å². The number of carbonyl (C=O) groups excluding carboxylic acids is 6. The highest BCUT2D eigenvalue weighted by Crippen LogP contribution is 2.65. The van der Waals surface area contributed by atoms with Gasteiger partial charge in [0, 0.05) is 31.9 Å². The first-order chi connectivity index (χ1) is 23.5. The zero-order valence-electron chi connectivity index (χ0n) is 29.3. The second-order valence-electron chi connectivity index (χ2n) is 15.2. The minimum atomic E-state index is -3.00. The molecule has 50 heavy (non-hydrogen) atoms. The van der Waals surface area contributed by atoms with Gasteiger partial charge in [-0.1, -0.05) is 60.0 Å². The van der Waals surface area contributed by atoms with Crippen LogP contribution in [0, 0.1) is 28.6 Å². The quantitative estimate of drug-likeness (QED) is 0.168. The Morgan fingerprint density at radius 2 is 1.72 bits per heavy atom. The maximum Gasteiger partial charge on any atom is 0.289 e. The van der Waals surface area contributed by atoms with E-state index in [0.717, 1.165) is 19.3 Å². The van der Waals surface area contributed by atoms with Gasteiger partial charge < -0.3 is 26.2 Å². The van der Waals surface area contributed by atoms with Gasteiger partial charge in [-0.2, -0.15) is 0 Å². The van der Waals surface area contributed by atoms with Gasteiger partial charge in [0.25, 0.3) is 11.8 Å². The monoisotopic (exact) mass is 701 g/mol. The Kier molecular flexibility index (Phi) is 12.1. The van der Waals surface area contributed by atoms with E-state index >= 15 is 0 Å². The molecule has 13 nitrogen and oxygen atoms in total. The van der Waals surface area contributed by atoms with Crippen LogP contribution in [0.2, 0.25) is 0 Å². The van der Waals surface area contributed by atoms with Gasteiger partial charge >= 0.3 is 0 Å². The van der Waals surface area contributed by atoms with Gasteiger partial charge in [0.2, 0.25) is 29.9 Å². The van der Waals surface area contributed by atoms with Crippen LogP contribution in [0.25, 0.3) is 0 Å². The Hall–Kier alpha value is -4.30. The van der Waals surface area contributed by atoms with Gasteiger partial charge in [0.15, 0.2) is 0 Å². The maximum absolute atomic E-state index is 14.5. The highest BCUT2D eigenvalue weighted by molar-refractivity contribution is 6.38. The largest absolute Gasteiger partial charge is 0.346 e. The molecule has 4 N–H and O–H groups in total. The molecule has 1 aromatic rings. The second kappa shape index (κ2) is 15.7. The zero-order chi connectivity index (χ0) is 37.0. The summed E-state index contributed by atoms with van der Waals surface area (Å²) in [5.41, 5.74) is -1.18. The minimum Gasteiger partial charge on any atom is -0.346 e. The lowest BCUT2D eigenvalue weighted by molar-refractivity contribution is -0.147. The second-order valence-corrected chi connectivity index (χ2v) is 15.2. The van der Waals surface area contributed by atoms with E-state index in [1.165, 1.54) is 29.6 Å². The number of aromatic nitrogens is 2. The number of likely N-dealkylation sites (tertiary alicyclic amines) is 1. The van der Waals surface area contributed by atoms with Crippen molar-refractivity contribution in [1.29, 1.82) is 0 Å². The fraction of sp³-hybridized carbons (Fsp3) is 0.657. The molecule has 1 saturated heterocycles. The highest BCUT2D eigenvalue weighted by Gasteiger charge is 2.70. The molecule has 1 unspecified atom stereocenters. The molecule has 3 fully saturated rings. The topological polar surface area (TPSA) is 180 Å². The molecule has 0 aromatic carbocycles. The summed E-state index contributed by atoms with van der Waals surface area (Å²) in [5, 5.41) is 10.3. The first-order valence-corrected chi connectivity index (χ1v) is 17.2. The lowest BCUT2D eigenvalue weighted by atomic mass is 9.82. The predicted octanol–water partition coefficient (Wildman–Crippen LogP) is 2.18. The van der Waals surface area contributed by atoms with Crippen LogP contribution in [0.15, 0.2) is 31.2 Å². The molecule has 4 rings (SSSR count). The molecule has 1 aromatic heterocycles. The van der Waals surface area contributed by atoms with Crippen molar-refractivity contribution in [1.82, 2.24) is 36.1 Å². The number of alkyl halides is 2. The summed E-state index contributed by atoms with van der Waals surface area (Å²) in [5.74, 6) is -5.53. The maximum atomic E-state index is 14.5. The molecule has 274 valence electrons. The molecule has 0 radical (unpaired) electrons. The number of amides is 5. The van der Waals surface area contributed by atoms with Crippen LogP contribution in [0.3, 0.4) is 0 Å². The minimum absolute atomic E-state index is 0.0409. The standard InChI is InChI=1S/C35H49F2N7O6/c1-7-13-40-32(49)27(45)21(16-23(36)37)41-31(48)26-24-20(35(24,5)6)18-44(26)33(50)28(34(2,3)4)43-30(47)25(19-11-9-8-10-12-19)42-29(46)22-17-38-14-15-39-22/h7,14-15,17,19-21,23-26,28H,1,8-13,16,18H2,2-6H3,(H,40,49)(H,41,48)(H,42,46)(H,43,47)/t20-,21?,24-,25-,26-,28+/m0/s1. The molecule has 2 aliphatic carbocycles. The van der Waals surface area contributed by atoms with E-state index in [-0.39, 0.29) is 42.0 Å². The third-order valence-corrected chi connectivity index (χ3v) is 10.3. The van der Waals surface area contributed by atoms with Crippen molar-refractivity contribution in [3.63, 3.8) is 0 Å². The van der Waals surface area contributed by atoms with E-state index in [1.807, 2.05) is 13.8 Å². The number of fused-ring (bicyclic) bond motifs is 1. The van der Waals surface area contributed by atoms with Gasteiger partial charge in [-0.3, -0.25) is 33.8 Å². The fourth-order valence-electron chi connectivity index (χ4n) is 7.43. The number of hydrogen-bond donors (Lipinski definition) is 4. The average Bonchev–Trinajstić information content (AvgIpc) is 3.38. The molecule has 2 heterocycles. The molecular formula is C35H49F2N7O6. The number of rotatable bonds is 14. The molecule has 6 atom stereocenters. The predicted molar refractivity (Wildman–Crippen MR) is 178 cm³/mol. The zero-order valence-corrected chi connectivity index (χ0v) is 29.3. The van der Waals surface area contributed by atoms with Gasteiger partial charge in [-0.25, -0.2) is 13.8 Å². The molecular weight excluding hydrogens is 652 g/mol. The molecule has 0 spiro atoms. The summed E-state index contributed by atoms with van der Waals surface area (Å²) in [4.78, 5) is 90.1. The van der Waals surface area contributed by atoms with Crippen molar-refractivity contribution in [2.75, 3.05) is 13.1 Å². The first kappa shape index (κ1) is 38.5. The van der Waals surface area contributed by atoms with Gasteiger partial charge in [0.05, 0.1) is 6.20 Å². The van der Waals surface area contributed by atoms with Crippen molar-refractivity contribution in [2.24, 2.45) is 28.6 Å². The van der Waals surface area contributed by atoms with Crippen molar-refractivity contribution >= 4 is 35.3 Å². The number of nitrogens with one attached hydrogen (secondary N) is 4. The Morgan fingerprint density at radius 3 is 2.30 bits per heavy atom. The van der Waals surface area contributed by atoms with E-state index in [0.29, 0.717) is 12.8 Å². The first-order valence-electron chi connectivity index (χ1n) is 17.2. The SMILES string of the molecule is C=CCNC(=O)C(=O)C(CC(F)F)NC(=O)[C@@H]1[C@@H]2[C@H](CN1C(=O)[C@@H](NC(=O)[C@@H](NC(=O)c1cnccn1)C1CCCCC1)C(C)(C)C)C2(C)C. The van der Waals surface area contributed by atoms with Crippen molar-refractivity contribution in [3.8, 4) is 0 Å². The van der Waals surface area contributed by atoms with E-state index in [4.69, 9.17) is 0 Å². The fourth-order valence-corrected chi connectivity index (χ4v) is 7.43. The highest BCUT2D eigenvalue weighted by atomic mass is 19.3. The molecule has 5 amide bonds. The summed E-state index contributed by atoms with van der Waals surface area (Å²) in [6.07, 6.45) is 5.48. The number of hydrogen-bond acceptors (Lipinski definition) is 8. The number of nitrogens with zero attached hydrogens (tertiary/aromatic N) is 3. The molecule has 0 bridgehead atoms. The Bertz CT molecular complexity index is 1460. The van der Waals surface area contributed by atoms with Crippen molar-refractivity contribution in [3.05, 3.63) is 36.9 Å². The number of carbonyl (C=O) groups is 6. The Balaban J connectivity index is 1.58. The summed E-state index contributed by atoms with van der Waals surface area (Å²) >= 11 is 0. The lowest BCUT2D eigenvalue weighted by Crippen LogP contribution is -2.63. The number of piperidine rings is 1. The van der Waals surface area contributed by atoms with Crippen molar-refractivity contribution < 1.29 is 37.5 Å². The number of Topliss-reactive ketones (excluding diaryl/α,β-unsaturated/α-hetero) is 1. The van der Waals surface area contributed by atoms with Crippen LogP contribution >= 0.6 is 0 Å². The van der Waals surface area contributed by atoms with E-state index in [1.54, 1.807) is 20.8 Å². The summed E-state index contributed by atoms with van der Waals surface area (Å²) in [6, 6.07) is -5.08. The van der Waals surface area contributed by atoms with E-state index in [9.17, 15) is 37.5 Å². The molecule has 2 saturated carbocycles. The third kappa shape index (κ3) is 8.70. The van der Waals surface area contributed by atoms with Crippen LogP contribution < -0.4 is 21.3 Å². The average molecular weight is 702 g/mol. The van der Waals surface area contributed by atoms with Gasteiger partial charge in [-0.15, -0.1) is 6.58 Å². The summed E-state index contributed by atoms with van der Waals surface area (Å²) < 4.78 is 27.1. The van der Waals surface area contributed by atoms with E-state index < -0.39 is 77.7 Å². The third-order valence-electron chi connectivity index (χ3n) is 10.3. The normalized spacial score (nSPS) is 23.1. The molecule has 15 heteroatoms.